The van der Waals surface area contributed by atoms with Gasteiger partial charge in [-0.05, 0) is 31.6 Å². The van der Waals surface area contributed by atoms with Gasteiger partial charge < -0.3 is 33.8 Å². The third-order valence-electron chi connectivity index (χ3n) is 19.3. The summed E-state index contributed by atoms with van der Waals surface area (Å²) in [5.41, 5.74) is 0. The van der Waals surface area contributed by atoms with E-state index < -0.39 is 97.5 Å². The van der Waals surface area contributed by atoms with Gasteiger partial charge in [-0.1, -0.05) is 388 Å². The molecule has 17 nitrogen and oxygen atoms in total. The molecule has 0 amide bonds. The first-order valence-electron chi connectivity index (χ1n) is 42.6. The van der Waals surface area contributed by atoms with Gasteiger partial charge in [0, 0.05) is 25.7 Å². The minimum absolute atomic E-state index is 0.108. The number of hydrogen-bond acceptors (Lipinski definition) is 15. The van der Waals surface area contributed by atoms with E-state index in [0.717, 1.165) is 109 Å². The summed E-state index contributed by atoms with van der Waals surface area (Å²) in [6.45, 7) is 7.31. The van der Waals surface area contributed by atoms with Crippen LogP contribution in [0.4, 0.5) is 0 Å². The molecule has 0 aliphatic heterocycles. The van der Waals surface area contributed by atoms with Gasteiger partial charge in [-0.2, -0.15) is 0 Å². The van der Waals surface area contributed by atoms with Crippen LogP contribution in [0.25, 0.3) is 0 Å². The topological polar surface area (TPSA) is 237 Å². The van der Waals surface area contributed by atoms with Gasteiger partial charge in [0.1, 0.15) is 19.3 Å². The zero-order valence-corrected chi connectivity index (χ0v) is 67.8. The highest BCUT2D eigenvalue weighted by Gasteiger charge is 2.30. The molecule has 3 N–H and O–H groups in total. The molecule has 0 bridgehead atoms. The molecule has 2 unspecified atom stereocenters. The average molecular weight is 1480 g/mol. The molecular formula is C82H160O17P2. The number of unbranched alkanes of at least 4 members (excludes halogenated alkanes) is 54. The Balaban J connectivity index is 5.15. The van der Waals surface area contributed by atoms with Crippen molar-refractivity contribution < 1.29 is 80.2 Å². The summed E-state index contributed by atoms with van der Waals surface area (Å²) in [7, 11) is -9.91. The van der Waals surface area contributed by atoms with Gasteiger partial charge in [0.25, 0.3) is 0 Å². The monoisotopic (exact) mass is 1480 g/mol. The van der Waals surface area contributed by atoms with Crippen LogP contribution in [0.5, 0.6) is 0 Å². The highest BCUT2D eigenvalue weighted by atomic mass is 31.2. The quantitative estimate of drug-likeness (QED) is 0.0222. The number of carbonyl (C=O) groups is 4. The number of aliphatic hydroxyl groups excluding tert-OH is 1. The maximum atomic E-state index is 13.1. The fourth-order valence-corrected chi connectivity index (χ4v) is 14.3. The lowest BCUT2D eigenvalue weighted by molar-refractivity contribution is -0.161. The SMILES string of the molecule is CCCCCCCCCCCCCCCCCCCCCCCCC(=O)O[C@H](COC(=O)CCCCCCCCCCCCCCCC(C)C)COP(=O)(O)OC[C@@H](O)COP(=O)(O)OC[C@@H](COC(=O)CCCCCCCCC)OC(=O)CCCCCCCCCCCCCCCCCC. The van der Waals surface area contributed by atoms with Crippen LogP contribution in [-0.2, 0) is 65.4 Å². The molecule has 0 aromatic heterocycles. The van der Waals surface area contributed by atoms with Crippen molar-refractivity contribution in [1.82, 2.24) is 0 Å². The Morgan fingerprint density at radius 1 is 0.267 bits per heavy atom. The molecule has 0 radical (unpaired) electrons. The Bertz CT molecular complexity index is 1930. The van der Waals surface area contributed by atoms with E-state index in [4.69, 9.17) is 37.0 Å². The summed E-state index contributed by atoms with van der Waals surface area (Å²) in [6, 6.07) is 0. The lowest BCUT2D eigenvalue weighted by Gasteiger charge is -2.21. The van der Waals surface area contributed by atoms with Gasteiger partial charge in [0.15, 0.2) is 12.2 Å². The van der Waals surface area contributed by atoms with Crippen LogP contribution in [0.3, 0.4) is 0 Å². The van der Waals surface area contributed by atoms with Crippen molar-refractivity contribution >= 4 is 39.5 Å². The summed E-state index contributed by atoms with van der Waals surface area (Å²) < 4.78 is 68.6. The van der Waals surface area contributed by atoms with Crippen molar-refractivity contribution in [2.45, 2.75) is 457 Å². The van der Waals surface area contributed by atoms with Crippen molar-refractivity contribution in [3.8, 4) is 0 Å². The second kappa shape index (κ2) is 74.9. The smallest absolute Gasteiger partial charge is 0.462 e. The van der Waals surface area contributed by atoms with E-state index in [2.05, 4.69) is 34.6 Å². The average Bonchev–Trinajstić information content (AvgIpc) is 0.969. The molecule has 101 heavy (non-hydrogen) atoms. The number of aliphatic hydroxyl groups is 1. The van der Waals surface area contributed by atoms with Gasteiger partial charge in [-0.15, -0.1) is 0 Å². The third-order valence-corrected chi connectivity index (χ3v) is 21.2. The van der Waals surface area contributed by atoms with E-state index in [1.807, 2.05) is 0 Å². The molecular weight excluding hydrogens is 1320 g/mol. The molecule has 0 aliphatic rings. The third kappa shape index (κ3) is 76.1. The fourth-order valence-electron chi connectivity index (χ4n) is 12.8. The van der Waals surface area contributed by atoms with Gasteiger partial charge in [0.05, 0.1) is 26.4 Å². The van der Waals surface area contributed by atoms with E-state index in [-0.39, 0.29) is 25.7 Å². The second-order valence-electron chi connectivity index (χ2n) is 30.0. The minimum atomic E-state index is -4.96. The number of phosphoric acid groups is 2. The van der Waals surface area contributed by atoms with Gasteiger partial charge >= 0.3 is 39.5 Å². The van der Waals surface area contributed by atoms with Crippen molar-refractivity contribution in [2.75, 3.05) is 39.6 Å². The summed E-state index contributed by atoms with van der Waals surface area (Å²) in [4.78, 5) is 72.9. The summed E-state index contributed by atoms with van der Waals surface area (Å²) in [6.07, 6.45) is 66.9. The first-order valence-corrected chi connectivity index (χ1v) is 45.6. The second-order valence-corrected chi connectivity index (χ2v) is 32.9. The minimum Gasteiger partial charge on any atom is -0.462 e. The summed E-state index contributed by atoms with van der Waals surface area (Å²) in [5.74, 6) is -1.32. The molecule has 0 fully saturated rings. The predicted octanol–water partition coefficient (Wildman–Crippen LogP) is 24.8. The Morgan fingerprint density at radius 2 is 0.455 bits per heavy atom. The van der Waals surface area contributed by atoms with Crippen LogP contribution in [0.2, 0.25) is 0 Å². The molecule has 0 aromatic carbocycles. The van der Waals surface area contributed by atoms with Crippen LogP contribution in [-0.4, -0.2) is 96.7 Å². The standard InChI is InChI=1S/C82H160O17P2/c1-6-9-12-15-18-20-22-24-26-28-29-30-31-32-33-35-39-44-48-53-58-63-68-82(87)99-78(72-93-80(85)66-61-56-51-46-42-40-36-37-41-45-50-54-59-64-75(4)5)74-97-101(90,91)95-70-76(83)69-94-100(88,89)96-73-77(71-92-79(84)65-60-55-49-17-14-11-8-3)98-81(86)67-62-57-52-47-43-38-34-27-25-23-21-19-16-13-10-7-2/h75-78,83H,6-74H2,1-5H3,(H,88,89)(H,90,91)/t76-,77+,78+/m0/s1. The molecule has 0 heterocycles. The van der Waals surface area contributed by atoms with Gasteiger partial charge in [0.2, 0.25) is 0 Å². The van der Waals surface area contributed by atoms with Crippen LogP contribution in [0.15, 0.2) is 0 Å². The lowest BCUT2D eigenvalue weighted by Crippen LogP contribution is -2.30. The molecule has 19 heteroatoms. The molecule has 0 saturated carbocycles. The summed E-state index contributed by atoms with van der Waals surface area (Å²) in [5, 5.41) is 10.6. The van der Waals surface area contributed by atoms with Crippen molar-refractivity contribution in [3.63, 3.8) is 0 Å². The number of ether oxygens (including phenoxy) is 4. The zero-order valence-electron chi connectivity index (χ0n) is 66.1. The maximum absolute atomic E-state index is 13.1. The molecule has 0 saturated heterocycles. The van der Waals surface area contributed by atoms with Gasteiger partial charge in [-0.3, -0.25) is 37.3 Å². The molecule has 5 atom stereocenters. The molecule has 0 aliphatic carbocycles. The van der Waals surface area contributed by atoms with Crippen molar-refractivity contribution in [1.29, 1.82) is 0 Å². The Morgan fingerprint density at radius 3 is 0.673 bits per heavy atom. The molecule has 0 spiro atoms. The Kier molecular flexibility index (Phi) is 73.5. The van der Waals surface area contributed by atoms with Gasteiger partial charge in [-0.25, -0.2) is 9.13 Å². The predicted molar refractivity (Wildman–Crippen MR) is 414 cm³/mol. The number of esters is 4. The van der Waals surface area contributed by atoms with Crippen LogP contribution in [0, 0.1) is 5.92 Å². The van der Waals surface area contributed by atoms with E-state index in [1.165, 1.54) is 250 Å². The van der Waals surface area contributed by atoms with E-state index in [9.17, 15) is 43.2 Å². The zero-order chi connectivity index (χ0) is 74.1. The van der Waals surface area contributed by atoms with E-state index in [1.54, 1.807) is 0 Å². The lowest BCUT2D eigenvalue weighted by atomic mass is 10.0. The largest absolute Gasteiger partial charge is 0.472 e. The Labute approximate surface area is 619 Å². The first-order chi connectivity index (χ1) is 49.0. The highest BCUT2D eigenvalue weighted by Crippen LogP contribution is 2.45. The van der Waals surface area contributed by atoms with Crippen molar-refractivity contribution in [2.24, 2.45) is 5.92 Å². The maximum Gasteiger partial charge on any atom is 0.472 e. The first kappa shape index (κ1) is 99.1. The molecule has 600 valence electrons. The number of phosphoric ester groups is 2. The van der Waals surface area contributed by atoms with E-state index >= 15 is 0 Å². The van der Waals surface area contributed by atoms with E-state index in [0.29, 0.717) is 25.7 Å². The highest BCUT2D eigenvalue weighted by molar-refractivity contribution is 7.47. The molecule has 0 aromatic rings. The fraction of sp³-hybridized carbons (Fsp3) is 0.951. The number of hydrogen-bond donors (Lipinski definition) is 3. The van der Waals surface area contributed by atoms with Crippen LogP contribution < -0.4 is 0 Å². The van der Waals surface area contributed by atoms with Crippen LogP contribution >= 0.6 is 15.6 Å². The molecule has 0 rings (SSSR count). The van der Waals surface area contributed by atoms with Crippen molar-refractivity contribution in [3.05, 3.63) is 0 Å². The number of rotatable bonds is 82. The summed E-state index contributed by atoms with van der Waals surface area (Å²) >= 11 is 0. The normalized spacial score (nSPS) is 13.8. The van der Waals surface area contributed by atoms with Crippen LogP contribution in [0.1, 0.15) is 439 Å². The Hall–Kier alpha value is -1.94. The number of carbonyl (C=O) groups excluding carboxylic acids is 4.